The van der Waals surface area contributed by atoms with Gasteiger partial charge in [0.25, 0.3) is 5.91 Å². The van der Waals surface area contributed by atoms with E-state index in [0.717, 1.165) is 11.4 Å². The number of carbonyl (C=O) groups excluding carboxylic acids is 1. The third-order valence-corrected chi connectivity index (χ3v) is 4.54. The number of nitrogens with one attached hydrogen (secondary N) is 1. The first-order valence-electron chi connectivity index (χ1n) is 6.85. The van der Waals surface area contributed by atoms with E-state index in [0.29, 0.717) is 11.5 Å². The topological polar surface area (TPSA) is 81.2 Å². The molecular weight excluding hydrogens is 302 g/mol. The molecule has 0 aromatic carbocycles. The Morgan fingerprint density at radius 3 is 2.95 bits per heavy atom. The molecule has 1 N–H and O–H groups in total. The maximum Gasteiger partial charge on any atom is 0.274 e. The number of amides is 1. The molecule has 6 nitrogen and oxygen atoms in total. The van der Waals surface area contributed by atoms with Crippen LogP contribution in [-0.4, -0.2) is 16.0 Å². The summed E-state index contributed by atoms with van der Waals surface area (Å²) in [5, 5.41) is 9.53. The molecule has 3 aromatic heterocycles. The zero-order valence-electron chi connectivity index (χ0n) is 12.2. The minimum absolute atomic E-state index is 0.211. The van der Waals surface area contributed by atoms with Gasteiger partial charge in [0, 0.05) is 17.6 Å². The predicted octanol–water partition coefficient (Wildman–Crippen LogP) is 3.45. The van der Waals surface area contributed by atoms with Crippen LogP contribution in [0, 0.1) is 0 Å². The van der Waals surface area contributed by atoms with E-state index in [1.54, 1.807) is 24.4 Å². The minimum atomic E-state index is -0.533. The lowest BCUT2D eigenvalue weighted by Crippen LogP contribution is -2.43. The van der Waals surface area contributed by atoms with Gasteiger partial charge in [-0.05, 0) is 25.5 Å². The third-order valence-electron chi connectivity index (χ3n) is 3.51. The highest BCUT2D eigenvalue weighted by Gasteiger charge is 2.30. The van der Waals surface area contributed by atoms with Gasteiger partial charge in [0.15, 0.2) is 11.5 Å². The largest absolute Gasteiger partial charge is 0.461 e. The second kappa shape index (κ2) is 5.76. The fourth-order valence-corrected chi connectivity index (χ4v) is 2.85. The van der Waals surface area contributed by atoms with E-state index in [9.17, 15) is 4.79 Å². The van der Waals surface area contributed by atoms with Crippen molar-refractivity contribution >= 4 is 17.2 Å². The fraction of sp³-hybridized carbons (Fsp3) is 0.267. The number of carbonyl (C=O) groups is 1. The summed E-state index contributed by atoms with van der Waals surface area (Å²) in [5.41, 5.74) is -0.322. The number of aromatic nitrogens is 2. The number of hydrogen-bond acceptors (Lipinski definition) is 6. The van der Waals surface area contributed by atoms with E-state index >= 15 is 0 Å². The Morgan fingerprint density at radius 1 is 1.45 bits per heavy atom. The molecule has 22 heavy (non-hydrogen) atoms. The molecule has 0 spiro atoms. The Morgan fingerprint density at radius 2 is 2.32 bits per heavy atom. The van der Waals surface area contributed by atoms with Gasteiger partial charge in [-0.2, -0.15) is 0 Å². The van der Waals surface area contributed by atoms with Crippen LogP contribution in [0.1, 0.15) is 35.8 Å². The van der Waals surface area contributed by atoms with E-state index in [1.165, 1.54) is 17.6 Å². The van der Waals surface area contributed by atoms with Crippen molar-refractivity contribution in [1.29, 1.82) is 0 Å². The molecule has 3 rings (SSSR count). The normalized spacial score (nSPS) is 13.7. The van der Waals surface area contributed by atoms with Crippen molar-refractivity contribution in [2.75, 3.05) is 0 Å². The van der Waals surface area contributed by atoms with E-state index < -0.39 is 5.54 Å². The van der Waals surface area contributed by atoms with Gasteiger partial charge in [0.05, 0.1) is 11.8 Å². The van der Waals surface area contributed by atoms with E-state index in [-0.39, 0.29) is 11.6 Å². The van der Waals surface area contributed by atoms with Gasteiger partial charge in [-0.25, -0.2) is 4.98 Å². The van der Waals surface area contributed by atoms with E-state index in [1.807, 2.05) is 19.2 Å². The van der Waals surface area contributed by atoms with Gasteiger partial charge in [-0.1, -0.05) is 12.1 Å². The lowest BCUT2D eigenvalue weighted by molar-refractivity contribution is 0.0892. The summed E-state index contributed by atoms with van der Waals surface area (Å²) in [4.78, 5) is 16.7. The van der Waals surface area contributed by atoms with Gasteiger partial charge in [-0.15, -0.1) is 11.3 Å². The zero-order chi connectivity index (χ0) is 15.6. The molecule has 0 saturated carbocycles. The quantitative estimate of drug-likeness (QED) is 0.779. The molecule has 0 aliphatic heterocycles. The minimum Gasteiger partial charge on any atom is -0.461 e. The molecule has 0 saturated heterocycles. The van der Waals surface area contributed by atoms with Crippen molar-refractivity contribution < 1.29 is 13.7 Å². The zero-order valence-corrected chi connectivity index (χ0v) is 13.0. The van der Waals surface area contributed by atoms with E-state index in [2.05, 4.69) is 15.5 Å². The van der Waals surface area contributed by atoms with E-state index in [4.69, 9.17) is 8.94 Å². The summed E-state index contributed by atoms with van der Waals surface area (Å²) in [6, 6.07) is 5.05. The molecule has 1 amide bonds. The maximum atomic E-state index is 12.4. The molecule has 114 valence electrons. The second-order valence-electron chi connectivity index (χ2n) is 5.03. The summed E-state index contributed by atoms with van der Waals surface area (Å²) in [7, 11) is 0. The molecule has 0 aliphatic rings. The SMILES string of the molecule is CCC(C)(NC(=O)c1cc(-c2ccco2)on1)c1nccs1. The molecule has 0 radical (unpaired) electrons. The van der Waals surface area contributed by atoms with Crippen LogP contribution in [0.15, 0.2) is 45.0 Å². The first-order valence-corrected chi connectivity index (χ1v) is 7.73. The number of furan rings is 1. The summed E-state index contributed by atoms with van der Waals surface area (Å²) in [6.07, 6.45) is 3.98. The van der Waals surface area contributed by atoms with Crippen LogP contribution >= 0.6 is 11.3 Å². The van der Waals surface area contributed by atoms with Crippen LogP contribution in [0.4, 0.5) is 0 Å². The highest BCUT2D eigenvalue weighted by atomic mass is 32.1. The lowest BCUT2D eigenvalue weighted by atomic mass is 9.99. The Bertz CT molecular complexity index is 749. The summed E-state index contributed by atoms with van der Waals surface area (Å²) in [6.45, 7) is 3.94. The second-order valence-corrected chi connectivity index (χ2v) is 5.93. The van der Waals surface area contributed by atoms with Gasteiger partial charge in [0.2, 0.25) is 5.76 Å². The summed E-state index contributed by atoms with van der Waals surface area (Å²) in [5.74, 6) is 0.647. The van der Waals surface area contributed by atoms with Crippen molar-refractivity contribution in [3.63, 3.8) is 0 Å². The van der Waals surface area contributed by atoms with Crippen molar-refractivity contribution in [2.24, 2.45) is 0 Å². The van der Waals surface area contributed by atoms with Crippen LogP contribution in [0.25, 0.3) is 11.5 Å². The Hall–Kier alpha value is -2.41. The molecule has 0 bridgehead atoms. The molecule has 1 atom stereocenters. The molecule has 3 heterocycles. The third kappa shape index (κ3) is 2.67. The van der Waals surface area contributed by atoms with Gasteiger partial charge >= 0.3 is 0 Å². The Labute approximate surface area is 131 Å². The first-order chi connectivity index (χ1) is 10.6. The molecular formula is C15H15N3O3S. The fourth-order valence-electron chi connectivity index (χ4n) is 2.02. The molecule has 1 unspecified atom stereocenters. The van der Waals surface area contributed by atoms with Crippen molar-refractivity contribution in [3.05, 3.63) is 46.7 Å². The smallest absolute Gasteiger partial charge is 0.274 e. The highest BCUT2D eigenvalue weighted by molar-refractivity contribution is 7.09. The van der Waals surface area contributed by atoms with Crippen molar-refractivity contribution in [3.8, 4) is 11.5 Å². The Kier molecular flexibility index (Phi) is 3.81. The van der Waals surface area contributed by atoms with Crippen LogP contribution in [-0.2, 0) is 5.54 Å². The van der Waals surface area contributed by atoms with Gasteiger partial charge in [-0.3, -0.25) is 4.79 Å². The van der Waals surface area contributed by atoms with Gasteiger partial charge < -0.3 is 14.3 Å². The average molecular weight is 317 g/mol. The van der Waals surface area contributed by atoms with Gasteiger partial charge in [0.1, 0.15) is 5.01 Å². The van der Waals surface area contributed by atoms with Crippen LogP contribution in [0.2, 0.25) is 0 Å². The Balaban J connectivity index is 1.80. The van der Waals surface area contributed by atoms with Crippen LogP contribution in [0.3, 0.4) is 0 Å². The maximum absolute atomic E-state index is 12.4. The first kappa shape index (κ1) is 14.5. The monoisotopic (exact) mass is 317 g/mol. The van der Waals surface area contributed by atoms with Crippen LogP contribution < -0.4 is 5.32 Å². The molecule has 3 aromatic rings. The standard InChI is InChI=1S/C15H15N3O3S/c1-3-15(2,14-16-6-8-22-14)17-13(19)10-9-12(21-18-10)11-5-4-7-20-11/h4-9H,3H2,1-2H3,(H,17,19). The average Bonchev–Trinajstić information content (AvgIpc) is 3.27. The highest BCUT2D eigenvalue weighted by Crippen LogP contribution is 2.27. The predicted molar refractivity (Wildman–Crippen MR) is 81.4 cm³/mol. The number of nitrogens with zero attached hydrogens (tertiary/aromatic N) is 2. The number of hydrogen-bond donors (Lipinski definition) is 1. The number of rotatable bonds is 5. The molecule has 7 heteroatoms. The van der Waals surface area contributed by atoms with Crippen molar-refractivity contribution in [1.82, 2.24) is 15.5 Å². The molecule has 0 fully saturated rings. The summed E-state index contributed by atoms with van der Waals surface area (Å²) >= 11 is 1.51. The van der Waals surface area contributed by atoms with Crippen LogP contribution in [0.5, 0.6) is 0 Å². The molecule has 0 aliphatic carbocycles. The lowest BCUT2D eigenvalue weighted by Gasteiger charge is -2.26. The summed E-state index contributed by atoms with van der Waals surface area (Å²) < 4.78 is 10.4. The van der Waals surface area contributed by atoms with Crippen molar-refractivity contribution in [2.45, 2.75) is 25.8 Å². The number of thiazole rings is 1.